The first-order chi connectivity index (χ1) is 9.31. The molecular formula is C16H23NO3. The van der Waals surface area contributed by atoms with Gasteiger partial charge in [-0.1, -0.05) is 24.3 Å². The molecule has 0 fully saturated rings. The molecule has 110 valence electrons. The topological polar surface area (TPSA) is 58.6 Å². The summed E-state index contributed by atoms with van der Waals surface area (Å²) >= 11 is 0. The van der Waals surface area contributed by atoms with Crippen molar-refractivity contribution in [1.82, 2.24) is 5.32 Å². The fourth-order valence-corrected chi connectivity index (χ4v) is 1.61. The van der Waals surface area contributed by atoms with Gasteiger partial charge in [0.15, 0.2) is 0 Å². The fourth-order valence-electron chi connectivity index (χ4n) is 1.61. The molecule has 1 rings (SSSR count). The number of benzene rings is 1. The second-order valence-corrected chi connectivity index (χ2v) is 5.63. The van der Waals surface area contributed by atoms with Gasteiger partial charge in [-0.2, -0.15) is 0 Å². The van der Waals surface area contributed by atoms with Gasteiger partial charge in [-0.3, -0.25) is 0 Å². The molecule has 0 atom stereocenters. The van der Waals surface area contributed by atoms with Crippen molar-refractivity contribution in [3.63, 3.8) is 0 Å². The van der Waals surface area contributed by atoms with Crippen molar-refractivity contribution in [2.45, 2.75) is 39.9 Å². The quantitative estimate of drug-likeness (QED) is 0.889. The number of rotatable bonds is 4. The average Bonchev–Trinajstić information content (AvgIpc) is 2.34. The van der Waals surface area contributed by atoms with E-state index in [1.165, 1.54) is 0 Å². The largest absolute Gasteiger partial charge is 0.444 e. The highest BCUT2D eigenvalue weighted by Crippen LogP contribution is 2.13. The van der Waals surface area contributed by atoms with Crippen LogP contribution in [-0.4, -0.2) is 23.3 Å². The molecular weight excluding hydrogens is 254 g/mol. The summed E-state index contributed by atoms with van der Waals surface area (Å²) in [4.78, 5) is 11.4. The highest BCUT2D eigenvalue weighted by atomic mass is 16.6. The Hall–Kier alpha value is -1.81. The van der Waals surface area contributed by atoms with Crippen molar-refractivity contribution >= 4 is 12.2 Å². The van der Waals surface area contributed by atoms with E-state index in [0.717, 1.165) is 16.7 Å². The number of nitrogens with one attached hydrogen (secondary N) is 1. The molecule has 0 saturated heterocycles. The molecule has 0 heterocycles. The predicted octanol–water partition coefficient (Wildman–Crippen LogP) is 3.03. The Morgan fingerprint density at radius 1 is 1.40 bits per heavy atom. The van der Waals surface area contributed by atoms with E-state index in [9.17, 15) is 4.79 Å². The molecule has 0 bridgehead atoms. The number of ether oxygens (including phenoxy) is 1. The maximum Gasteiger partial charge on any atom is 0.407 e. The van der Waals surface area contributed by atoms with Crippen molar-refractivity contribution in [2.24, 2.45) is 0 Å². The summed E-state index contributed by atoms with van der Waals surface area (Å²) in [7, 11) is 0. The van der Waals surface area contributed by atoms with Gasteiger partial charge < -0.3 is 15.2 Å². The minimum atomic E-state index is -0.486. The number of hydrogen-bond acceptors (Lipinski definition) is 3. The molecule has 1 aromatic carbocycles. The first-order valence-electron chi connectivity index (χ1n) is 6.65. The van der Waals surface area contributed by atoms with Gasteiger partial charge in [0, 0.05) is 6.54 Å². The molecule has 0 aliphatic rings. The molecule has 1 aromatic rings. The minimum Gasteiger partial charge on any atom is -0.444 e. The third-order valence-corrected chi connectivity index (χ3v) is 2.59. The van der Waals surface area contributed by atoms with E-state index in [2.05, 4.69) is 5.32 Å². The third-order valence-electron chi connectivity index (χ3n) is 2.59. The van der Waals surface area contributed by atoms with Gasteiger partial charge in [0.2, 0.25) is 0 Å². The van der Waals surface area contributed by atoms with E-state index >= 15 is 0 Å². The summed E-state index contributed by atoms with van der Waals surface area (Å²) in [5.74, 6) is 0. The lowest BCUT2D eigenvalue weighted by Gasteiger charge is -2.19. The Labute approximate surface area is 120 Å². The van der Waals surface area contributed by atoms with Gasteiger partial charge in [0.25, 0.3) is 0 Å². The maximum absolute atomic E-state index is 11.4. The SMILES string of the molecule is Cc1ccc(CO)cc1C=CCNC(=O)OC(C)(C)C. The second-order valence-electron chi connectivity index (χ2n) is 5.63. The van der Waals surface area contributed by atoms with E-state index in [1.54, 1.807) is 0 Å². The van der Waals surface area contributed by atoms with Crippen LogP contribution in [0.3, 0.4) is 0 Å². The van der Waals surface area contributed by atoms with Gasteiger partial charge in [0.05, 0.1) is 6.61 Å². The molecule has 0 aromatic heterocycles. The van der Waals surface area contributed by atoms with Crippen LogP contribution in [0, 0.1) is 6.92 Å². The van der Waals surface area contributed by atoms with Crippen LogP contribution in [-0.2, 0) is 11.3 Å². The maximum atomic E-state index is 11.4. The van der Waals surface area contributed by atoms with E-state index in [-0.39, 0.29) is 6.61 Å². The minimum absolute atomic E-state index is 0.0251. The molecule has 0 aliphatic heterocycles. The smallest absolute Gasteiger partial charge is 0.407 e. The number of carbonyl (C=O) groups excluding carboxylic acids is 1. The van der Waals surface area contributed by atoms with Gasteiger partial charge in [-0.25, -0.2) is 4.79 Å². The molecule has 0 spiro atoms. The Morgan fingerprint density at radius 2 is 2.10 bits per heavy atom. The lowest BCUT2D eigenvalue weighted by molar-refractivity contribution is 0.0534. The molecule has 20 heavy (non-hydrogen) atoms. The fraction of sp³-hybridized carbons (Fsp3) is 0.438. The highest BCUT2D eigenvalue weighted by molar-refractivity contribution is 5.68. The Balaban J connectivity index is 2.51. The zero-order valence-corrected chi connectivity index (χ0v) is 12.6. The first-order valence-corrected chi connectivity index (χ1v) is 6.65. The summed E-state index contributed by atoms with van der Waals surface area (Å²) in [6, 6.07) is 5.79. The zero-order valence-electron chi connectivity index (χ0n) is 12.6. The molecule has 0 radical (unpaired) electrons. The van der Waals surface area contributed by atoms with Crippen LogP contribution >= 0.6 is 0 Å². The lowest BCUT2D eigenvalue weighted by atomic mass is 10.0. The van der Waals surface area contributed by atoms with Crippen LogP contribution in [0.1, 0.15) is 37.5 Å². The van der Waals surface area contributed by atoms with E-state index in [1.807, 2.05) is 58.0 Å². The van der Waals surface area contributed by atoms with Crippen molar-refractivity contribution in [2.75, 3.05) is 6.54 Å². The number of hydrogen-bond donors (Lipinski definition) is 2. The molecule has 0 saturated carbocycles. The summed E-state index contributed by atoms with van der Waals surface area (Å²) in [6.45, 7) is 7.90. The summed E-state index contributed by atoms with van der Waals surface area (Å²) < 4.78 is 5.13. The number of carbonyl (C=O) groups is 1. The number of amides is 1. The van der Waals surface area contributed by atoms with Gasteiger partial charge in [-0.15, -0.1) is 0 Å². The molecule has 0 unspecified atom stereocenters. The first kappa shape index (κ1) is 16.2. The van der Waals surface area contributed by atoms with Crippen LogP contribution in [0.5, 0.6) is 0 Å². The van der Waals surface area contributed by atoms with Gasteiger partial charge >= 0.3 is 6.09 Å². The normalized spacial score (nSPS) is 11.7. The van der Waals surface area contributed by atoms with Crippen LogP contribution < -0.4 is 5.32 Å². The van der Waals surface area contributed by atoms with Gasteiger partial charge in [0.1, 0.15) is 5.60 Å². The summed E-state index contributed by atoms with van der Waals surface area (Å²) in [5.41, 5.74) is 2.54. The van der Waals surface area contributed by atoms with E-state index in [4.69, 9.17) is 9.84 Å². The third kappa shape index (κ3) is 5.89. The number of alkyl carbamates (subject to hydrolysis) is 1. The average molecular weight is 277 g/mol. The predicted molar refractivity (Wildman–Crippen MR) is 80.4 cm³/mol. The van der Waals surface area contributed by atoms with Crippen molar-refractivity contribution in [1.29, 1.82) is 0 Å². The van der Waals surface area contributed by atoms with Crippen molar-refractivity contribution < 1.29 is 14.6 Å². The zero-order chi connectivity index (χ0) is 15.2. The number of aliphatic hydroxyl groups is 1. The Kier molecular flexibility index (Phi) is 5.77. The molecule has 0 aliphatic carbocycles. The second kappa shape index (κ2) is 7.10. The molecule has 1 amide bonds. The Bertz CT molecular complexity index is 487. The van der Waals surface area contributed by atoms with Crippen molar-refractivity contribution in [3.05, 3.63) is 41.0 Å². The summed E-state index contributed by atoms with van der Waals surface area (Å²) in [6.07, 6.45) is 3.35. The summed E-state index contributed by atoms with van der Waals surface area (Å²) in [5, 5.41) is 11.8. The Morgan fingerprint density at radius 3 is 2.70 bits per heavy atom. The highest BCUT2D eigenvalue weighted by Gasteiger charge is 2.14. The number of aryl methyl sites for hydroxylation is 1. The van der Waals surface area contributed by atoms with Crippen LogP contribution in [0.25, 0.3) is 6.08 Å². The standard InChI is InChI=1S/C16H23NO3/c1-12-7-8-13(11-18)10-14(12)6-5-9-17-15(19)20-16(2,3)4/h5-8,10,18H,9,11H2,1-4H3,(H,17,19). The van der Waals surface area contributed by atoms with Gasteiger partial charge in [-0.05, 0) is 50.5 Å². The monoisotopic (exact) mass is 277 g/mol. The van der Waals surface area contributed by atoms with E-state index in [0.29, 0.717) is 6.54 Å². The van der Waals surface area contributed by atoms with Crippen LogP contribution in [0.2, 0.25) is 0 Å². The lowest BCUT2D eigenvalue weighted by Crippen LogP contribution is -2.32. The molecule has 2 N–H and O–H groups in total. The van der Waals surface area contributed by atoms with E-state index < -0.39 is 11.7 Å². The van der Waals surface area contributed by atoms with Crippen molar-refractivity contribution in [3.8, 4) is 0 Å². The molecule has 4 nitrogen and oxygen atoms in total. The molecule has 4 heteroatoms. The van der Waals surface area contributed by atoms with Crippen LogP contribution in [0.15, 0.2) is 24.3 Å². The number of aliphatic hydroxyl groups excluding tert-OH is 1. The van der Waals surface area contributed by atoms with Crippen LogP contribution in [0.4, 0.5) is 4.79 Å².